The van der Waals surface area contributed by atoms with Gasteiger partial charge in [0.2, 0.25) is 10.0 Å². The molecule has 224 valence electrons. The van der Waals surface area contributed by atoms with Gasteiger partial charge in [0, 0.05) is 13.1 Å². The van der Waals surface area contributed by atoms with E-state index in [2.05, 4.69) is 5.32 Å². The fourth-order valence-corrected chi connectivity index (χ4v) is 6.38. The maximum atomic E-state index is 13.7. The van der Waals surface area contributed by atoms with Crippen LogP contribution in [0.1, 0.15) is 25.0 Å². The number of hydrogen-bond acceptors (Lipinski definition) is 6. The van der Waals surface area contributed by atoms with Crippen LogP contribution < -0.4 is 10.2 Å². The predicted molar refractivity (Wildman–Crippen MR) is 157 cm³/mol. The Morgan fingerprint density at radius 3 is 2.40 bits per heavy atom. The normalized spacial score (nSPS) is 16.9. The van der Waals surface area contributed by atoms with Gasteiger partial charge in [0.1, 0.15) is 5.82 Å². The summed E-state index contributed by atoms with van der Waals surface area (Å²) in [5.41, 5.74) is 1.98. The highest BCUT2D eigenvalue weighted by molar-refractivity contribution is 7.89. The van der Waals surface area contributed by atoms with Gasteiger partial charge in [-0.2, -0.15) is 4.31 Å². The summed E-state index contributed by atoms with van der Waals surface area (Å²) in [7, 11) is -3.95. The molecular formula is C31H36FN3O6S. The van der Waals surface area contributed by atoms with Crippen LogP contribution in [0.4, 0.5) is 14.9 Å². The Hall–Kier alpha value is -3.80. The highest BCUT2D eigenvalue weighted by Gasteiger charge is 2.39. The third-order valence-electron chi connectivity index (χ3n) is 6.93. The Morgan fingerprint density at radius 2 is 1.76 bits per heavy atom. The van der Waals surface area contributed by atoms with Crippen molar-refractivity contribution in [3.8, 4) is 0 Å². The molecule has 2 amide bonds. The second-order valence-corrected chi connectivity index (χ2v) is 12.8. The van der Waals surface area contributed by atoms with Crippen LogP contribution in [-0.4, -0.2) is 67.7 Å². The van der Waals surface area contributed by atoms with Crippen molar-refractivity contribution in [1.29, 1.82) is 0 Å². The van der Waals surface area contributed by atoms with Gasteiger partial charge in [-0.1, -0.05) is 67.9 Å². The van der Waals surface area contributed by atoms with E-state index in [9.17, 15) is 27.5 Å². The highest BCUT2D eigenvalue weighted by Crippen LogP contribution is 2.23. The highest BCUT2D eigenvalue weighted by atomic mass is 32.2. The van der Waals surface area contributed by atoms with Gasteiger partial charge in [-0.25, -0.2) is 17.6 Å². The van der Waals surface area contributed by atoms with Gasteiger partial charge in [0.15, 0.2) is 6.10 Å². The molecule has 0 radical (unpaired) electrons. The minimum Gasteiger partial charge on any atom is -0.434 e. The van der Waals surface area contributed by atoms with Crippen LogP contribution >= 0.6 is 0 Å². The topological polar surface area (TPSA) is 116 Å². The van der Waals surface area contributed by atoms with Crippen molar-refractivity contribution in [3.63, 3.8) is 0 Å². The van der Waals surface area contributed by atoms with Gasteiger partial charge >= 0.3 is 6.09 Å². The van der Waals surface area contributed by atoms with E-state index in [0.29, 0.717) is 0 Å². The molecule has 42 heavy (non-hydrogen) atoms. The Labute approximate surface area is 246 Å². The quantitative estimate of drug-likeness (QED) is 0.327. The van der Waals surface area contributed by atoms with Crippen molar-refractivity contribution in [2.75, 3.05) is 24.5 Å². The minimum absolute atomic E-state index is 0.0358. The third kappa shape index (κ3) is 7.72. The lowest BCUT2D eigenvalue weighted by atomic mass is 10.0. The Balaban J connectivity index is 1.55. The number of sulfonamides is 1. The zero-order valence-corrected chi connectivity index (χ0v) is 24.6. The molecule has 1 aliphatic rings. The van der Waals surface area contributed by atoms with Crippen molar-refractivity contribution >= 4 is 27.7 Å². The molecule has 0 spiro atoms. The van der Waals surface area contributed by atoms with Crippen LogP contribution in [-0.2, 0) is 26.0 Å². The first-order chi connectivity index (χ1) is 19.9. The standard InChI is InChI=1S/C31H36FN3O6S/c1-21(2)18-34(42(39,40)26-14-12-22(3)13-15-26)19-28(36)27(16-23-8-5-4-6-9-23)33-30(37)29-20-35(31(38)41-29)25-11-7-10-24(32)17-25/h4-15,17,21,27-29,36H,16,18-20H2,1-3H3,(H,33,37)/t27-,28+,29-/m0/s1. The van der Waals surface area contributed by atoms with Crippen LogP contribution in [0.5, 0.6) is 0 Å². The number of carbonyl (C=O) groups is 2. The van der Waals surface area contributed by atoms with E-state index in [1.54, 1.807) is 12.1 Å². The monoisotopic (exact) mass is 597 g/mol. The molecule has 1 fully saturated rings. The van der Waals surface area contributed by atoms with Crippen molar-refractivity contribution in [2.24, 2.45) is 5.92 Å². The molecular weight excluding hydrogens is 561 g/mol. The lowest BCUT2D eigenvalue weighted by molar-refractivity contribution is -0.129. The van der Waals surface area contributed by atoms with E-state index in [0.717, 1.165) is 16.0 Å². The number of rotatable bonds is 12. The first-order valence-electron chi connectivity index (χ1n) is 13.8. The maximum absolute atomic E-state index is 13.7. The van der Waals surface area contributed by atoms with E-state index >= 15 is 0 Å². The van der Waals surface area contributed by atoms with Crippen LogP contribution in [0.25, 0.3) is 0 Å². The van der Waals surface area contributed by atoms with Crippen molar-refractivity contribution in [1.82, 2.24) is 9.62 Å². The van der Waals surface area contributed by atoms with Gasteiger partial charge < -0.3 is 15.2 Å². The molecule has 2 N–H and O–H groups in total. The number of carbonyl (C=O) groups excluding carboxylic acids is 2. The number of amides is 2. The van der Waals surface area contributed by atoms with Crippen LogP contribution in [0.2, 0.25) is 0 Å². The SMILES string of the molecule is Cc1ccc(S(=O)(=O)N(CC(C)C)C[C@@H](O)[C@H](Cc2ccccc2)NC(=O)[C@@H]2CN(c3cccc(F)c3)C(=O)O2)cc1. The number of cyclic esters (lactones) is 1. The fourth-order valence-electron chi connectivity index (χ4n) is 4.75. The molecule has 4 rings (SSSR count). The molecule has 9 nitrogen and oxygen atoms in total. The molecule has 1 aliphatic heterocycles. The second kappa shape index (κ2) is 13.5. The number of benzene rings is 3. The fraction of sp³-hybridized carbons (Fsp3) is 0.355. The summed E-state index contributed by atoms with van der Waals surface area (Å²) in [5, 5.41) is 14.2. The molecule has 1 saturated heterocycles. The van der Waals surface area contributed by atoms with Crippen LogP contribution in [0.15, 0.2) is 83.8 Å². The van der Waals surface area contributed by atoms with Gasteiger partial charge in [0.25, 0.3) is 5.91 Å². The lowest BCUT2D eigenvalue weighted by Gasteiger charge is -2.31. The van der Waals surface area contributed by atoms with Crippen LogP contribution in [0.3, 0.4) is 0 Å². The number of aliphatic hydroxyl groups excluding tert-OH is 1. The summed E-state index contributed by atoms with van der Waals surface area (Å²) in [6, 6.07) is 20.1. The predicted octanol–water partition coefficient (Wildman–Crippen LogP) is 3.89. The molecule has 3 atom stereocenters. The van der Waals surface area contributed by atoms with Crippen molar-refractivity contribution in [2.45, 2.75) is 50.3 Å². The number of aryl methyl sites for hydroxylation is 1. The molecule has 0 aromatic heterocycles. The largest absolute Gasteiger partial charge is 0.434 e. The first-order valence-corrected chi connectivity index (χ1v) is 15.2. The Bertz CT molecular complexity index is 1480. The van der Waals surface area contributed by atoms with E-state index in [1.165, 1.54) is 40.7 Å². The average Bonchev–Trinajstić information content (AvgIpc) is 3.34. The molecule has 3 aromatic carbocycles. The third-order valence-corrected chi connectivity index (χ3v) is 8.78. The molecule has 0 saturated carbocycles. The van der Waals surface area contributed by atoms with E-state index in [4.69, 9.17) is 4.74 Å². The number of aliphatic hydroxyl groups is 1. The summed E-state index contributed by atoms with van der Waals surface area (Å²) in [4.78, 5) is 27.1. The van der Waals surface area contributed by atoms with Gasteiger partial charge in [0.05, 0.1) is 29.3 Å². The average molecular weight is 598 g/mol. The maximum Gasteiger partial charge on any atom is 0.415 e. The van der Waals surface area contributed by atoms with Crippen molar-refractivity contribution in [3.05, 3.63) is 95.8 Å². The van der Waals surface area contributed by atoms with E-state index in [1.807, 2.05) is 51.1 Å². The summed E-state index contributed by atoms with van der Waals surface area (Å²) in [6.07, 6.45) is -3.12. The zero-order valence-electron chi connectivity index (χ0n) is 23.8. The van der Waals surface area contributed by atoms with Gasteiger partial charge in [-0.3, -0.25) is 9.69 Å². The van der Waals surface area contributed by atoms with Crippen molar-refractivity contribution < 1.29 is 32.2 Å². The molecule has 0 bridgehead atoms. The number of nitrogens with zero attached hydrogens (tertiary/aromatic N) is 2. The number of hydrogen-bond donors (Lipinski definition) is 2. The first kappa shape index (κ1) is 31.1. The number of nitrogens with one attached hydrogen (secondary N) is 1. The van der Waals surface area contributed by atoms with Gasteiger partial charge in [-0.05, 0) is 55.2 Å². The zero-order chi connectivity index (χ0) is 30.4. The smallest absolute Gasteiger partial charge is 0.415 e. The second-order valence-electron chi connectivity index (χ2n) is 10.9. The van der Waals surface area contributed by atoms with E-state index < -0.39 is 46.1 Å². The summed E-state index contributed by atoms with van der Waals surface area (Å²) < 4.78 is 47.4. The minimum atomic E-state index is -3.95. The molecule has 0 aliphatic carbocycles. The number of halogens is 1. The van der Waals surface area contributed by atoms with Gasteiger partial charge in [-0.15, -0.1) is 0 Å². The Morgan fingerprint density at radius 1 is 1.07 bits per heavy atom. The van der Waals surface area contributed by atoms with E-state index in [-0.39, 0.29) is 42.6 Å². The number of ether oxygens (including phenoxy) is 1. The summed E-state index contributed by atoms with van der Waals surface area (Å²) in [6.45, 7) is 5.36. The number of anilines is 1. The molecule has 3 aromatic rings. The summed E-state index contributed by atoms with van der Waals surface area (Å²) >= 11 is 0. The lowest BCUT2D eigenvalue weighted by Crippen LogP contribution is -2.53. The van der Waals surface area contributed by atoms with Crippen LogP contribution in [0, 0.1) is 18.7 Å². The molecule has 0 unspecified atom stereocenters. The summed E-state index contributed by atoms with van der Waals surface area (Å²) in [5.74, 6) is -1.23. The molecule has 11 heteroatoms. The molecule has 1 heterocycles. The Kier molecular flexibility index (Phi) is 9.97.